The Kier molecular flexibility index (Phi) is 4.42. The summed E-state index contributed by atoms with van der Waals surface area (Å²) < 4.78 is 0. The van der Waals surface area contributed by atoms with E-state index in [1.807, 2.05) is 0 Å². The zero-order valence-corrected chi connectivity index (χ0v) is 5.59. The van der Waals surface area contributed by atoms with Crippen LogP contribution in [0.25, 0.3) is 0 Å². The molecule has 0 aliphatic heterocycles. The van der Waals surface area contributed by atoms with Crippen molar-refractivity contribution in [3.63, 3.8) is 0 Å². The van der Waals surface area contributed by atoms with Gasteiger partial charge in [-0.15, -0.1) is 0 Å². The van der Waals surface area contributed by atoms with Gasteiger partial charge < -0.3 is 5.11 Å². The Morgan fingerprint density at radius 1 is 1.50 bits per heavy atom. The molecule has 0 heterocycles. The fraction of sp³-hybridized carbons (Fsp3) is 0.714. The van der Waals surface area contributed by atoms with Gasteiger partial charge in [-0.25, -0.2) is 0 Å². The average Bonchev–Trinajstić information content (AvgIpc) is 1.66. The summed E-state index contributed by atoms with van der Waals surface area (Å²) in [6.45, 7) is 4.34. The Labute approximate surface area is 51.0 Å². The lowest BCUT2D eigenvalue weighted by Crippen LogP contribution is -1.83. The van der Waals surface area contributed by atoms with Crippen molar-refractivity contribution in [2.75, 3.05) is 0 Å². The van der Waals surface area contributed by atoms with Gasteiger partial charge in [-0.3, -0.25) is 0 Å². The van der Waals surface area contributed by atoms with Crippen LogP contribution in [0.3, 0.4) is 0 Å². The quantitative estimate of drug-likeness (QED) is 0.559. The van der Waals surface area contributed by atoms with Crippen LogP contribution in [0, 0.1) is 5.92 Å². The molecule has 48 valence electrons. The van der Waals surface area contributed by atoms with Crippen LogP contribution in [0.4, 0.5) is 0 Å². The first-order valence-electron chi connectivity index (χ1n) is 3.06. The Morgan fingerprint density at radius 3 is 2.50 bits per heavy atom. The molecule has 0 saturated heterocycles. The maximum absolute atomic E-state index is 8.20. The number of aliphatic hydroxyl groups is 1. The van der Waals surface area contributed by atoms with Gasteiger partial charge in [0.05, 0.1) is 6.26 Å². The van der Waals surface area contributed by atoms with E-state index in [4.69, 9.17) is 5.11 Å². The molecule has 0 bridgehead atoms. The normalized spacial score (nSPS) is 11.4. The Bertz CT molecular complexity index is 64.8. The van der Waals surface area contributed by atoms with Gasteiger partial charge in [0.2, 0.25) is 0 Å². The minimum absolute atomic E-state index is 0.742. The largest absolute Gasteiger partial charge is 0.516 e. The average molecular weight is 114 g/mol. The highest BCUT2D eigenvalue weighted by atomic mass is 16.2. The molecule has 0 aliphatic carbocycles. The molecule has 1 nitrogen and oxygen atoms in total. The molecule has 0 atom stereocenters. The number of allylic oxidation sites excluding steroid dienone is 1. The molecule has 0 amide bonds. The molecular formula is C7H14O. The van der Waals surface area contributed by atoms with Crippen LogP contribution in [-0.4, -0.2) is 5.11 Å². The Morgan fingerprint density at radius 2 is 2.12 bits per heavy atom. The molecule has 0 aromatic carbocycles. The molecule has 0 fully saturated rings. The standard InChI is InChI=1S/C7H14O/c1-7(2)5-3-4-6-8/h4,6-8H,3,5H2,1-2H3/b6-4+. The summed E-state index contributed by atoms with van der Waals surface area (Å²) in [6.07, 6.45) is 5.05. The minimum atomic E-state index is 0.742. The van der Waals surface area contributed by atoms with E-state index < -0.39 is 0 Å². The molecule has 8 heavy (non-hydrogen) atoms. The number of rotatable bonds is 3. The lowest BCUT2D eigenvalue weighted by atomic mass is 10.1. The second kappa shape index (κ2) is 4.69. The fourth-order valence-electron chi connectivity index (χ4n) is 0.504. The van der Waals surface area contributed by atoms with Crippen molar-refractivity contribution in [2.45, 2.75) is 26.7 Å². The summed E-state index contributed by atoms with van der Waals surface area (Å²) in [5, 5.41) is 8.20. The fourth-order valence-corrected chi connectivity index (χ4v) is 0.504. The smallest absolute Gasteiger partial charge is 0.0751 e. The highest BCUT2D eigenvalue weighted by molar-refractivity contribution is 4.71. The second-order valence-electron chi connectivity index (χ2n) is 2.36. The van der Waals surface area contributed by atoms with Gasteiger partial charge in [-0.1, -0.05) is 19.9 Å². The van der Waals surface area contributed by atoms with Gasteiger partial charge >= 0.3 is 0 Å². The monoisotopic (exact) mass is 114 g/mol. The molecule has 0 aromatic heterocycles. The first-order valence-corrected chi connectivity index (χ1v) is 3.06. The molecule has 0 aliphatic rings. The molecule has 0 radical (unpaired) electrons. The van der Waals surface area contributed by atoms with Gasteiger partial charge in [0.1, 0.15) is 0 Å². The van der Waals surface area contributed by atoms with Crippen molar-refractivity contribution in [1.29, 1.82) is 0 Å². The maximum Gasteiger partial charge on any atom is 0.0751 e. The van der Waals surface area contributed by atoms with E-state index in [9.17, 15) is 0 Å². The van der Waals surface area contributed by atoms with Gasteiger partial charge in [0.15, 0.2) is 0 Å². The van der Waals surface area contributed by atoms with E-state index in [0.717, 1.165) is 25.0 Å². The van der Waals surface area contributed by atoms with Gasteiger partial charge in [0.25, 0.3) is 0 Å². The van der Waals surface area contributed by atoms with Crippen molar-refractivity contribution in [3.8, 4) is 0 Å². The van der Waals surface area contributed by atoms with Crippen molar-refractivity contribution in [3.05, 3.63) is 12.3 Å². The van der Waals surface area contributed by atoms with Crippen LogP contribution < -0.4 is 0 Å². The van der Waals surface area contributed by atoms with Gasteiger partial charge in [-0.05, 0) is 18.8 Å². The van der Waals surface area contributed by atoms with E-state index in [-0.39, 0.29) is 0 Å². The van der Waals surface area contributed by atoms with E-state index in [1.165, 1.54) is 0 Å². The SMILES string of the molecule is CC(C)CC/C=C/O. The molecule has 0 unspecified atom stereocenters. The van der Waals surface area contributed by atoms with Crippen molar-refractivity contribution < 1.29 is 5.11 Å². The summed E-state index contributed by atoms with van der Waals surface area (Å²) in [4.78, 5) is 0. The van der Waals surface area contributed by atoms with Crippen LogP contribution in [0.1, 0.15) is 26.7 Å². The summed E-state index contributed by atoms with van der Waals surface area (Å²) in [5.41, 5.74) is 0. The van der Waals surface area contributed by atoms with Crippen LogP contribution in [0.5, 0.6) is 0 Å². The first-order chi connectivity index (χ1) is 3.77. The highest BCUT2D eigenvalue weighted by Crippen LogP contribution is 2.02. The van der Waals surface area contributed by atoms with E-state index in [2.05, 4.69) is 13.8 Å². The lowest BCUT2D eigenvalue weighted by molar-refractivity contribution is 0.468. The predicted octanol–water partition coefficient (Wildman–Crippen LogP) is 2.49. The van der Waals surface area contributed by atoms with Gasteiger partial charge in [0, 0.05) is 0 Å². The topological polar surface area (TPSA) is 20.2 Å². The summed E-state index contributed by atoms with van der Waals surface area (Å²) in [5.74, 6) is 0.742. The van der Waals surface area contributed by atoms with Crippen molar-refractivity contribution in [1.82, 2.24) is 0 Å². The van der Waals surface area contributed by atoms with Crippen LogP contribution in [0.15, 0.2) is 12.3 Å². The van der Waals surface area contributed by atoms with E-state index in [0.29, 0.717) is 0 Å². The van der Waals surface area contributed by atoms with Crippen LogP contribution >= 0.6 is 0 Å². The highest BCUT2D eigenvalue weighted by Gasteiger charge is 1.88. The predicted molar refractivity (Wildman–Crippen MR) is 35.8 cm³/mol. The molecule has 1 N–H and O–H groups in total. The zero-order valence-electron chi connectivity index (χ0n) is 5.59. The Balaban J connectivity index is 2.93. The third kappa shape index (κ3) is 5.54. The number of hydrogen-bond donors (Lipinski definition) is 1. The molecule has 0 aromatic rings. The third-order valence-corrected chi connectivity index (χ3v) is 1.02. The van der Waals surface area contributed by atoms with Crippen LogP contribution in [-0.2, 0) is 0 Å². The third-order valence-electron chi connectivity index (χ3n) is 1.02. The van der Waals surface area contributed by atoms with Crippen molar-refractivity contribution >= 4 is 0 Å². The maximum atomic E-state index is 8.20. The second-order valence-corrected chi connectivity index (χ2v) is 2.36. The Hall–Kier alpha value is -0.460. The molecule has 0 spiro atoms. The summed E-state index contributed by atoms with van der Waals surface area (Å²) in [7, 11) is 0. The first kappa shape index (κ1) is 7.54. The molecule has 0 rings (SSSR count). The minimum Gasteiger partial charge on any atom is -0.516 e. The summed E-state index contributed by atoms with van der Waals surface area (Å²) >= 11 is 0. The van der Waals surface area contributed by atoms with E-state index in [1.54, 1.807) is 6.08 Å². The number of hydrogen-bond acceptors (Lipinski definition) is 1. The summed E-state index contributed by atoms with van der Waals surface area (Å²) in [6, 6.07) is 0. The zero-order chi connectivity index (χ0) is 6.41. The van der Waals surface area contributed by atoms with Crippen molar-refractivity contribution in [2.24, 2.45) is 5.92 Å². The molecular weight excluding hydrogens is 100 g/mol. The molecule has 1 heteroatoms. The van der Waals surface area contributed by atoms with Gasteiger partial charge in [-0.2, -0.15) is 0 Å². The molecule has 0 saturated carbocycles. The number of aliphatic hydroxyl groups excluding tert-OH is 1. The van der Waals surface area contributed by atoms with E-state index >= 15 is 0 Å². The lowest BCUT2D eigenvalue weighted by Gasteiger charge is -1.97. The van der Waals surface area contributed by atoms with Crippen LogP contribution in [0.2, 0.25) is 0 Å².